The Kier molecular flexibility index (Phi) is 7.75. The summed E-state index contributed by atoms with van der Waals surface area (Å²) in [5, 5.41) is 8.20. The average Bonchev–Trinajstić information content (AvgIpc) is 3.73. The highest BCUT2D eigenvalue weighted by molar-refractivity contribution is 8.15. The molecule has 236 valence electrons. The molecule has 0 atom stereocenters. The molecule has 1 N–H and O–H groups in total. The third-order valence-corrected chi connectivity index (χ3v) is 7.93. The molecule has 0 saturated carbocycles. The van der Waals surface area contributed by atoms with Gasteiger partial charge in [0.15, 0.2) is 11.0 Å². The molecule has 0 spiro atoms. The molecule has 3 aromatic carbocycles. The van der Waals surface area contributed by atoms with Crippen LogP contribution in [0.2, 0.25) is 0 Å². The maximum Gasteiger partial charge on any atom is 0.499 e. The molecule has 1 aliphatic rings. The molecule has 0 bridgehead atoms. The number of aryl methyl sites for hydroxylation is 2. The molecule has 16 heteroatoms. The van der Waals surface area contributed by atoms with E-state index in [2.05, 4.69) is 25.1 Å². The SMILES string of the molecule is Cc1cc(-c2ncn(-c3ccc(OC(F)(F)C(F)(F)F)cc3)n2)ccc1NC(=O)N=C1SCC(=O)N1c1cccc2c1ccn2C. The van der Waals surface area contributed by atoms with Crippen molar-refractivity contribution in [2.75, 3.05) is 16.0 Å². The zero-order valence-corrected chi connectivity index (χ0v) is 24.7. The number of hydrogen-bond acceptors (Lipinski definition) is 6. The van der Waals surface area contributed by atoms with Crippen molar-refractivity contribution in [1.29, 1.82) is 0 Å². The first kappa shape index (κ1) is 30.8. The van der Waals surface area contributed by atoms with Crippen molar-refractivity contribution in [2.45, 2.75) is 19.2 Å². The number of benzene rings is 3. The van der Waals surface area contributed by atoms with E-state index in [0.717, 1.165) is 23.0 Å². The van der Waals surface area contributed by atoms with Gasteiger partial charge in [-0.2, -0.15) is 26.9 Å². The van der Waals surface area contributed by atoms with Crippen LogP contribution in [-0.2, 0) is 11.8 Å². The molecular formula is C30H22F5N7O3S. The standard InChI is InChI=1S/C30H22F5N7O3S/c1-17-14-18(26-36-16-41(39-26)19-7-9-20(10-8-19)45-30(34,35)29(31,32)33)6-11-22(17)37-27(44)38-28-42(25(43)15-46-28)24-5-3-4-23-21(24)12-13-40(23)2/h3-14,16H,15H2,1-2H3,(H,37,44). The predicted octanol–water partition coefficient (Wildman–Crippen LogP) is 6.94. The number of anilines is 2. The Morgan fingerprint density at radius 2 is 1.80 bits per heavy atom. The molecule has 1 aliphatic heterocycles. The maximum absolute atomic E-state index is 13.2. The first-order chi connectivity index (χ1) is 21.8. The van der Waals surface area contributed by atoms with Gasteiger partial charge in [-0.05, 0) is 73.2 Å². The van der Waals surface area contributed by atoms with Crippen LogP contribution in [0.1, 0.15) is 5.56 Å². The second-order valence-electron chi connectivity index (χ2n) is 10.1. The molecule has 0 radical (unpaired) electrons. The van der Waals surface area contributed by atoms with E-state index in [-0.39, 0.29) is 22.7 Å². The number of aliphatic imine (C=N–C) groups is 1. The Balaban J connectivity index is 1.15. The Hall–Kier alpha value is -5.25. The molecular weight excluding hydrogens is 633 g/mol. The highest BCUT2D eigenvalue weighted by Crippen LogP contribution is 2.37. The van der Waals surface area contributed by atoms with Crippen molar-refractivity contribution >= 4 is 51.1 Å². The van der Waals surface area contributed by atoms with E-state index in [0.29, 0.717) is 28.2 Å². The first-order valence-electron chi connectivity index (χ1n) is 13.5. The minimum Gasteiger partial charge on any atom is -0.426 e. The van der Waals surface area contributed by atoms with Crippen molar-refractivity contribution in [1.82, 2.24) is 19.3 Å². The number of hydrogen-bond donors (Lipinski definition) is 1. The lowest BCUT2D eigenvalue weighted by Crippen LogP contribution is -2.41. The van der Waals surface area contributed by atoms with Gasteiger partial charge in [0.1, 0.15) is 12.1 Å². The van der Waals surface area contributed by atoms with Crippen molar-refractivity contribution < 1.29 is 36.3 Å². The second-order valence-corrected chi connectivity index (χ2v) is 11.1. The van der Waals surface area contributed by atoms with Gasteiger partial charge in [0.05, 0.1) is 17.1 Å². The Morgan fingerprint density at radius 3 is 2.52 bits per heavy atom. The van der Waals surface area contributed by atoms with Gasteiger partial charge >= 0.3 is 18.3 Å². The van der Waals surface area contributed by atoms with Crippen LogP contribution in [0.25, 0.3) is 28.0 Å². The number of carbonyl (C=O) groups is 2. The molecule has 3 amide bonds. The molecule has 46 heavy (non-hydrogen) atoms. The van der Waals surface area contributed by atoms with Gasteiger partial charge in [0.2, 0.25) is 5.91 Å². The molecule has 1 fully saturated rings. The monoisotopic (exact) mass is 655 g/mol. The highest BCUT2D eigenvalue weighted by Gasteiger charge is 2.61. The van der Waals surface area contributed by atoms with Gasteiger partial charge in [-0.25, -0.2) is 14.5 Å². The van der Waals surface area contributed by atoms with Crippen LogP contribution < -0.4 is 15.0 Å². The van der Waals surface area contributed by atoms with Gasteiger partial charge in [-0.1, -0.05) is 17.8 Å². The lowest BCUT2D eigenvalue weighted by molar-refractivity contribution is -0.360. The Labute approximate surface area is 261 Å². The molecule has 0 unspecified atom stereocenters. The van der Waals surface area contributed by atoms with Gasteiger partial charge in [-0.3, -0.25) is 9.69 Å². The Morgan fingerprint density at radius 1 is 1.04 bits per heavy atom. The van der Waals surface area contributed by atoms with E-state index in [1.54, 1.807) is 31.2 Å². The molecule has 5 aromatic rings. The number of rotatable bonds is 6. The quantitative estimate of drug-likeness (QED) is 0.199. The minimum absolute atomic E-state index is 0.147. The number of fused-ring (bicyclic) bond motifs is 1. The lowest BCUT2D eigenvalue weighted by Gasteiger charge is -2.20. The number of carbonyl (C=O) groups excluding carboxylic acids is 2. The maximum atomic E-state index is 13.2. The van der Waals surface area contributed by atoms with Crippen LogP contribution in [0.5, 0.6) is 5.75 Å². The number of urea groups is 1. The average molecular weight is 656 g/mol. The van der Waals surface area contributed by atoms with E-state index in [1.807, 2.05) is 36.0 Å². The van der Waals surface area contributed by atoms with Gasteiger partial charge in [0.25, 0.3) is 0 Å². The van der Waals surface area contributed by atoms with E-state index < -0.39 is 24.1 Å². The van der Waals surface area contributed by atoms with E-state index >= 15 is 0 Å². The summed E-state index contributed by atoms with van der Waals surface area (Å²) in [5.74, 6) is -0.428. The number of alkyl halides is 5. The summed E-state index contributed by atoms with van der Waals surface area (Å²) < 4.78 is 70.6. The largest absolute Gasteiger partial charge is 0.499 e. The number of amides is 3. The summed E-state index contributed by atoms with van der Waals surface area (Å²) in [7, 11) is 1.90. The number of aromatic nitrogens is 4. The van der Waals surface area contributed by atoms with Gasteiger partial charge in [0, 0.05) is 35.4 Å². The summed E-state index contributed by atoms with van der Waals surface area (Å²) in [6.07, 6.45) is -7.95. The van der Waals surface area contributed by atoms with Crippen molar-refractivity contribution in [3.8, 4) is 22.8 Å². The van der Waals surface area contributed by atoms with Crippen LogP contribution in [-0.4, -0.2) is 54.5 Å². The minimum atomic E-state index is -5.86. The zero-order valence-electron chi connectivity index (χ0n) is 23.9. The third-order valence-electron chi connectivity index (χ3n) is 7.00. The molecule has 2 aromatic heterocycles. The number of nitrogens with zero attached hydrogens (tertiary/aromatic N) is 6. The Bertz CT molecular complexity index is 2000. The second kappa shape index (κ2) is 11.6. The number of nitrogens with one attached hydrogen (secondary N) is 1. The molecule has 1 saturated heterocycles. The molecule has 10 nitrogen and oxygen atoms in total. The zero-order chi connectivity index (χ0) is 32.8. The summed E-state index contributed by atoms with van der Waals surface area (Å²) in [4.78, 5) is 35.6. The van der Waals surface area contributed by atoms with Crippen molar-refractivity contribution in [3.63, 3.8) is 0 Å². The summed E-state index contributed by atoms with van der Waals surface area (Å²) in [6.45, 7) is 1.76. The van der Waals surface area contributed by atoms with Gasteiger partial charge < -0.3 is 14.6 Å². The van der Waals surface area contributed by atoms with Gasteiger partial charge in [-0.15, -0.1) is 5.10 Å². The fraction of sp³-hybridized carbons (Fsp3) is 0.167. The summed E-state index contributed by atoms with van der Waals surface area (Å²) >= 11 is 1.17. The molecule has 6 rings (SSSR count). The number of halogens is 5. The molecule has 0 aliphatic carbocycles. The lowest BCUT2D eigenvalue weighted by atomic mass is 10.1. The highest BCUT2D eigenvalue weighted by atomic mass is 32.2. The fourth-order valence-corrected chi connectivity index (χ4v) is 5.59. The number of thioether (sulfide) groups is 1. The van der Waals surface area contributed by atoms with Crippen LogP contribution >= 0.6 is 11.8 Å². The van der Waals surface area contributed by atoms with Crippen LogP contribution in [0.3, 0.4) is 0 Å². The normalized spacial score (nSPS) is 14.8. The summed E-state index contributed by atoms with van der Waals surface area (Å²) in [6, 6.07) is 16.3. The van der Waals surface area contributed by atoms with E-state index in [9.17, 15) is 31.5 Å². The van der Waals surface area contributed by atoms with Crippen LogP contribution in [0.15, 0.2) is 84.2 Å². The first-order valence-corrected chi connectivity index (χ1v) is 14.5. The van der Waals surface area contributed by atoms with Crippen molar-refractivity contribution in [3.05, 3.63) is 84.8 Å². The topological polar surface area (TPSA) is 107 Å². The smallest absolute Gasteiger partial charge is 0.426 e. The summed E-state index contributed by atoms with van der Waals surface area (Å²) in [5.41, 5.74) is 3.62. The fourth-order valence-electron chi connectivity index (χ4n) is 4.73. The molecule has 3 heterocycles. The van der Waals surface area contributed by atoms with Crippen molar-refractivity contribution in [2.24, 2.45) is 12.0 Å². The number of amidine groups is 1. The number of ether oxygens (including phenoxy) is 1. The third kappa shape index (κ3) is 5.90. The van der Waals surface area contributed by atoms with Crippen LogP contribution in [0, 0.1) is 6.92 Å². The van der Waals surface area contributed by atoms with E-state index in [4.69, 9.17) is 0 Å². The van der Waals surface area contributed by atoms with Crippen LogP contribution in [0.4, 0.5) is 38.1 Å². The predicted molar refractivity (Wildman–Crippen MR) is 162 cm³/mol. The van der Waals surface area contributed by atoms with E-state index in [1.165, 1.54) is 39.8 Å².